The minimum absolute atomic E-state index is 0.0314. The van der Waals surface area contributed by atoms with Gasteiger partial charge in [-0.15, -0.1) is 6.58 Å². The van der Waals surface area contributed by atoms with Gasteiger partial charge in [-0.05, 0) is 73.5 Å². The predicted molar refractivity (Wildman–Crippen MR) is 126 cm³/mol. The Bertz CT molecular complexity index is 1090. The van der Waals surface area contributed by atoms with Gasteiger partial charge in [-0.2, -0.15) is 0 Å². The van der Waals surface area contributed by atoms with Crippen molar-refractivity contribution in [1.82, 2.24) is 4.90 Å². The van der Waals surface area contributed by atoms with E-state index in [9.17, 15) is 14.0 Å². The summed E-state index contributed by atoms with van der Waals surface area (Å²) in [6.45, 7) is 8.46. The summed E-state index contributed by atoms with van der Waals surface area (Å²) in [6, 6.07) is 7.54. The number of hydrogen-bond acceptors (Lipinski definition) is 5. The van der Waals surface area contributed by atoms with Crippen molar-refractivity contribution in [3.05, 3.63) is 75.4 Å². The zero-order valence-electron chi connectivity index (χ0n) is 17.8. The summed E-state index contributed by atoms with van der Waals surface area (Å²) in [6.07, 6.45) is 3.97. The number of allylic oxidation sites excluding steroid dienone is 1. The first kappa shape index (κ1) is 23.9. The maximum absolute atomic E-state index is 13.3. The van der Waals surface area contributed by atoms with Crippen LogP contribution in [0.4, 0.5) is 9.18 Å². The van der Waals surface area contributed by atoms with Gasteiger partial charge in [-0.3, -0.25) is 14.5 Å². The first-order valence-electron chi connectivity index (χ1n) is 10.1. The average molecular weight is 476 g/mol. The second-order valence-electron chi connectivity index (χ2n) is 6.87. The number of amides is 2. The second-order valence-corrected chi connectivity index (χ2v) is 8.27. The van der Waals surface area contributed by atoms with Gasteiger partial charge in [0.1, 0.15) is 5.82 Å². The maximum atomic E-state index is 13.3. The minimum atomic E-state index is -0.483. The molecule has 8 heteroatoms. The Hall–Kier alpha value is -2.77. The number of rotatable bonds is 9. The topological polar surface area (TPSA) is 55.8 Å². The van der Waals surface area contributed by atoms with Crippen LogP contribution in [0.15, 0.2) is 47.9 Å². The Labute approximate surface area is 195 Å². The average Bonchev–Trinajstić information content (AvgIpc) is 3.00. The van der Waals surface area contributed by atoms with Crippen molar-refractivity contribution in [2.75, 3.05) is 13.2 Å². The Balaban J connectivity index is 1.92. The van der Waals surface area contributed by atoms with E-state index in [2.05, 4.69) is 6.58 Å². The minimum Gasteiger partial charge on any atom is -0.490 e. The lowest BCUT2D eigenvalue weighted by molar-refractivity contribution is -0.123. The van der Waals surface area contributed by atoms with E-state index in [-0.39, 0.29) is 16.5 Å². The largest absolute Gasteiger partial charge is 0.490 e. The molecule has 0 aromatic heterocycles. The van der Waals surface area contributed by atoms with E-state index < -0.39 is 17.0 Å². The Kier molecular flexibility index (Phi) is 7.99. The van der Waals surface area contributed by atoms with E-state index in [1.54, 1.807) is 18.2 Å². The number of halogens is 2. The molecule has 0 unspecified atom stereocenters. The van der Waals surface area contributed by atoms with Gasteiger partial charge in [0.05, 0.1) is 24.7 Å². The molecule has 1 aliphatic rings. The van der Waals surface area contributed by atoms with Crippen LogP contribution in [-0.2, 0) is 17.8 Å². The molecule has 0 saturated carbocycles. The lowest BCUT2D eigenvalue weighted by Gasteiger charge is -2.16. The molecule has 0 N–H and O–H groups in total. The Morgan fingerprint density at radius 3 is 2.53 bits per heavy atom. The molecule has 1 aliphatic heterocycles. The molecule has 2 amide bonds. The standard InChI is InChI=1S/C24H23ClFNO4S/c1-4-7-16-10-15(11-20(30-5-2)22(16)31-6-3)12-21-23(28)27(24(29)32-21)14-17-8-9-18(26)13-19(17)25/h4,8-13H,1,5-7,14H2,2-3H3/b21-12-. The lowest BCUT2D eigenvalue weighted by Crippen LogP contribution is -2.27. The molecule has 0 atom stereocenters. The monoisotopic (exact) mass is 475 g/mol. The van der Waals surface area contributed by atoms with Gasteiger partial charge < -0.3 is 9.47 Å². The van der Waals surface area contributed by atoms with Crippen molar-refractivity contribution in [1.29, 1.82) is 0 Å². The van der Waals surface area contributed by atoms with Crippen LogP contribution in [0.2, 0.25) is 5.02 Å². The molecule has 32 heavy (non-hydrogen) atoms. The quantitative estimate of drug-likeness (QED) is 0.317. The lowest BCUT2D eigenvalue weighted by atomic mass is 10.0. The molecule has 1 saturated heterocycles. The molecule has 3 rings (SSSR count). The summed E-state index contributed by atoms with van der Waals surface area (Å²) in [5.41, 5.74) is 2.07. The van der Waals surface area contributed by atoms with Crippen molar-refractivity contribution in [2.24, 2.45) is 0 Å². The zero-order chi connectivity index (χ0) is 23.3. The SMILES string of the molecule is C=CCc1cc(/C=C2\SC(=O)N(Cc3ccc(F)cc3Cl)C2=O)cc(OCC)c1OCC. The van der Waals surface area contributed by atoms with E-state index in [0.29, 0.717) is 42.3 Å². The van der Waals surface area contributed by atoms with E-state index in [4.69, 9.17) is 21.1 Å². The highest BCUT2D eigenvalue weighted by atomic mass is 35.5. The molecule has 0 bridgehead atoms. The van der Waals surface area contributed by atoms with Gasteiger partial charge in [0.25, 0.3) is 11.1 Å². The summed E-state index contributed by atoms with van der Waals surface area (Å²) >= 11 is 6.91. The van der Waals surface area contributed by atoms with Crippen LogP contribution in [0.1, 0.15) is 30.5 Å². The molecule has 0 aliphatic carbocycles. The van der Waals surface area contributed by atoms with Gasteiger partial charge in [0.2, 0.25) is 0 Å². The Morgan fingerprint density at radius 1 is 1.12 bits per heavy atom. The maximum Gasteiger partial charge on any atom is 0.293 e. The number of hydrogen-bond donors (Lipinski definition) is 0. The molecule has 1 fully saturated rings. The van der Waals surface area contributed by atoms with E-state index >= 15 is 0 Å². The molecule has 1 heterocycles. The fraction of sp³-hybridized carbons (Fsp3) is 0.250. The third kappa shape index (κ3) is 5.34. The molecule has 0 spiro atoms. The first-order valence-corrected chi connectivity index (χ1v) is 11.3. The zero-order valence-corrected chi connectivity index (χ0v) is 19.4. The van der Waals surface area contributed by atoms with E-state index in [1.165, 1.54) is 12.1 Å². The molecule has 2 aromatic carbocycles. The fourth-order valence-electron chi connectivity index (χ4n) is 3.25. The summed E-state index contributed by atoms with van der Waals surface area (Å²) in [4.78, 5) is 26.8. The summed E-state index contributed by atoms with van der Waals surface area (Å²) < 4.78 is 24.8. The third-order valence-corrected chi connectivity index (χ3v) is 5.88. The van der Waals surface area contributed by atoms with Crippen molar-refractivity contribution in [3.63, 3.8) is 0 Å². The van der Waals surface area contributed by atoms with Gasteiger partial charge in [0.15, 0.2) is 11.5 Å². The van der Waals surface area contributed by atoms with Crippen LogP contribution in [0, 0.1) is 5.82 Å². The smallest absolute Gasteiger partial charge is 0.293 e. The first-order chi connectivity index (χ1) is 15.4. The van der Waals surface area contributed by atoms with Crippen LogP contribution < -0.4 is 9.47 Å². The second kappa shape index (κ2) is 10.7. The Morgan fingerprint density at radius 2 is 1.88 bits per heavy atom. The van der Waals surface area contributed by atoms with Crippen molar-refractivity contribution in [2.45, 2.75) is 26.8 Å². The van der Waals surface area contributed by atoms with Crippen LogP contribution >= 0.6 is 23.4 Å². The van der Waals surface area contributed by atoms with Crippen molar-refractivity contribution in [3.8, 4) is 11.5 Å². The van der Waals surface area contributed by atoms with Gasteiger partial charge in [-0.25, -0.2) is 4.39 Å². The molecular weight excluding hydrogens is 453 g/mol. The van der Waals surface area contributed by atoms with Crippen LogP contribution in [0.5, 0.6) is 11.5 Å². The summed E-state index contributed by atoms with van der Waals surface area (Å²) in [5, 5.41) is -0.251. The van der Waals surface area contributed by atoms with E-state index in [1.807, 2.05) is 19.9 Å². The number of thioether (sulfide) groups is 1. The number of ether oxygens (including phenoxy) is 2. The number of imide groups is 1. The number of carbonyl (C=O) groups excluding carboxylic acids is 2. The van der Waals surface area contributed by atoms with Crippen molar-refractivity contribution >= 4 is 40.6 Å². The van der Waals surface area contributed by atoms with Crippen LogP contribution in [0.3, 0.4) is 0 Å². The third-order valence-electron chi connectivity index (χ3n) is 4.62. The van der Waals surface area contributed by atoms with Crippen LogP contribution in [-0.4, -0.2) is 29.3 Å². The summed E-state index contributed by atoms with van der Waals surface area (Å²) in [5.74, 6) is 0.295. The highest BCUT2D eigenvalue weighted by molar-refractivity contribution is 8.18. The number of benzene rings is 2. The molecular formula is C24H23ClFNO4S. The highest BCUT2D eigenvalue weighted by Gasteiger charge is 2.35. The van der Waals surface area contributed by atoms with Crippen LogP contribution in [0.25, 0.3) is 6.08 Å². The normalized spacial score (nSPS) is 14.9. The molecule has 0 radical (unpaired) electrons. The van der Waals surface area contributed by atoms with Gasteiger partial charge >= 0.3 is 0 Å². The van der Waals surface area contributed by atoms with Gasteiger partial charge in [-0.1, -0.05) is 23.7 Å². The fourth-order valence-corrected chi connectivity index (χ4v) is 4.32. The predicted octanol–water partition coefficient (Wildman–Crippen LogP) is 6.24. The molecule has 168 valence electrons. The highest BCUT2D eigenvalue weighted by Crippen LogP contribution is 2.38. The number of carbonyl (C=O) groups is 2. The van der Waals surface area contributed by atoms with Crippen molar-refractivity contribution < 1.29 is 23.5 Å². The molecule has 5 nitrogen and oxygen atoms in total. The van der Waals surface area contributed by atoms with E-state index in [0.717, 1.165) is 28.3 Å². The van der Waals surface area contributed by atoms with Gasteiger partial charge in [0, 0.05) is 10.6 Å². The molecule has 2 aromatic rings. The number of nitrogens with zero attached hydrogens (tertiary/aromatic N) is 1. The summed E-state index contributed by atoms with van der Waals surface area (Å²) in [7, 11) is 0.